The van der Waals surface area contributed by atoms with Gasteiger partial charge in [0.05, 0.1) is 5.41 Å². The number of carbonyl (C=O) groups is 1. The van der Waals surface area contributed by atoms with Crippen LogP contribution in [0.3, 0.4) is 0 Å². The molecule has 0 aromatic heterocycles. The van der Waals surface area contributed by atoms with Gasteiger partial charge < -0.3 is 10.8 Å². The number of hydrogen-bond donors (Lipinski definition) is 2. The topological polar surface area (TPSA) is 63.3 Å². The Morgan fingerprint density at radius 1 is 1.38 bits per heavy atom. The van der Waals surface area contributed by atoms with Crippen molar-refractivity contribution in [1.29, 1.82) is 0 Å². The van der Waals surface area contributed by atoms with Gasteiger partial charge in [0.2, 0.25) is 0 Å². The Bertz CT molecular complexity index is 225. The van der Waals surface area contributed by atoms with Gasteiger partial charge in [-0.3, -0.25) is 4.79 Å². The van der Waals surface area contributed by atoms with Crippen molar-refractivity contribution in [3.8, 4) is 0 Å². The smallest absolute Gasteiger partial charge is 0.309 e. The van der Waals surface area contributed by atoms with E-state index in [2.05, 4.69) is 13.8 Å². The molecule has 3 nitrogen and oxygen atoms in total. The molecule has 1 aliphatic rings. The maximum absolute atomic E-state index is 11.1. The number of hydrogen-bond acceptors (Lipinski definition) is 2. The van der Waals surface area contributed by atoms with Gasteiger partial charge in [0.15, 0.2) is 0 Å². The van der Waals surface area contributed by atoms with Crippen LogP contribution in [-0.4, -0.2) is 17.1 Å². The largest absolute Gasteiger partial charge is 0.481 e. The van der Waals surface area contributed by atoms with Crippen LogP contribution < -0.4 is 5.73 Å². The van der Waals surface area contributed by atoms with E-state index in [-0.39, 0.29) is 11.5 Å². The Labute approximate surface area is 79.3 Å². The molecule has 0 radical (unpaired) electrons. The summed E-state index contributed by atoms with van der Waals surface area (Å²) in [5, 5.41) is 9.09. The van der Waals surface area contributed by atoms with Crippen molar-refractivity contribution >= 4 is 5.97 Å². The summed E-state index contributed by atoms with van der Waals surface area (Å²) in [4.78, 5) is 11.1. The van der Waals surface area contributed by atoms with Crippen LogP contribution in [0, 0.1) is 10.8 Å². The highest BCUT2D eigenvalue weighted by Gasteiger charge is 2.44. The molecule has 3 N–H and O–H groups in total. The molecule has 0 aromatic carbocycles. The summed E-state index contributed by atoms with van der Waals surface area (Å²) in [6, 6.07) is 0.0323. The second kappa shape index (κ2) is 2.98. The summed E-state index contributed by atoms with van der Waals surface area (Å²) >= 11 is 0. The van der Waals surface area contributed by atoms with E-state index in [9.17, 15) is 4.79 Å². The van der Waals surface area contributed by atoms with Gasteiger partial charge >= 0.3 is 5.97 Å². The van der Waals surface area contributed by atoms with Gasteiger partial charge in [0.1, 0.15) is 0 Å². The van der Waals surface area contributed by atoms with Crippen LogP contribution in [0.15, 0.2) is 0 Å². The van der Waals surface area contributed by atoms with Crippen LogP contribution in [0.1, 0.15) is 40.0 Å². The molecule has 0 spiro atoms. The highest BCUT2D eigenvalue weighted by Crippen LogP contribution is 2.45. The lowest BCUT2D eigenvalue weighted by atomic mass is 9.63. The van der Waals surface area contributed by atoms with Gasteiger partial charge in [0.25, 0.3) is 0 Å². The molecule has 76 valence electrons. The second-order valence-corrected chi connectivity index (χ2v) is 5.38. The van der Waals surface area contributed by atoms with Crippen LogP contribution in [-0.2, 0) is 4.79 Å². The lowest BCUT2D eigenvalue weighted by Gasteiger charge is -2.43. The van der Waals surface area contributed by atoms with E-state index in [4.69, 9.17) is 10.8 Å². The summed E-state index contributed by atoms with van der Waals surface area (Å²) < 4.78 is 0. The molecule has 1 aliphatic carbocycles. The minimum Gasteiger partial charge on any atom is -0.481 e. The maximum Gasteiger partial charge on any atom is 0.309 e. The minimum atomic E-state index is -0.712. The predicted molar refractivity (Wildman–Crippen MR) is 51.4 cm³/mol. The fourth-order valence-electron chi connectivity index (χ4n) is 2.72. The Balaban J connectivity index is 2.84. The second-order valence-electron chi connectivity index (χ2n) is 5.38. The molecular formula is C10H19NO2. The Kier molecular flexibility index (Phi) is 2.41. The van der Waals surface area contributed by atoms with Gasteiger partial charge in [-0.15, -0.1) is 0 Å². The average molecular weight is 185 g/mol. The monoisotopic (exact) mass is 185 g/mol. The van der Waals surface area contributed by atoms with Crippen LogP contribution in [0.25, 0.3) is 0 Å². The maximum atomic E-state index is 11.1. The molecule has 2 unspecified atom stereocenters. The van der Waals surface area contributed by atoms with Gasteiger partial charge in [-0.25, -0.2) is 0 Å². The zero-order valence-electron chi connectivity index (χ0n) is 8.63. The molecule has 0 amide bonds. The zero-order valence-corrected chi connectivity index (χ0v) is 8.63. The Morgan fingerprint density at radius 3 is 2.31 bits per heavy atom. The quantitative estimate of drug-likeness (QED) is 0.652. The number of nitrogens with two attached hydrogens (primary N) is 1. The van der Waals surface area contributed by atoms with E-state index >= 15 is 0 Å². The Hall–Kier alpha value is -0.570. The fourth-order valence-corrected chi connectivity index (χ4v) is 2.72. The van der Waals surface area contributed by atoms with E-state index in [0.29, 0.717) is 6.42 Å². The normalized spacial score (nSPS) is 38.6. The summed E-state index contributed by atoms with van der Waals surface area (Å²) in [6.45, 7) is 5.98. The fraction of sp³-hybridized carbons (Fsp3) is 0.900. The summed E-state index contributed by atoms with van der Waals surface area (Å²) in [5.41, 5.74) is 5.30. The molecule has 1 saturated carbocycles. The van der Waals surface area contributed by atoms with Crippen molar-refractivity contribution in [3.63, 3.8) is 0 Å². The van der Waals surface area contributed by atoms with Gasteiger partial charge in [0, 0.05) is 6.04 Å². The minimum absolute atomic E-state index is 0.0323. The highest BCUT2D eigenvalue weighted by atomic mass is 16.4. The number of aliphatic carboxylic acids is 1. The molecular weight excluding hydrogens is 166 g/mol. The van der Waals surface area contributed by atoms with E-state index in [1.165, 1.54) is 0 Å². The van der Waals surface area contributed by atoms with Gasteiger partial charge in [-0.1, -0.05) is 13.8 Å². The van der Waals surface area contributed by atoms with Crippen LogP contribution in [0.4, 0.5) is 0 Å². The van der Waals surface area contributed by atoms with Crippen molar-refractivity contribution in [2.75, 3.05) is 0 Å². The van der Waals surface area contributed by atoms with E-state index in [1.807, 2.05) is 0 Å². The standard InChI is InChI=1S/C10H19NO2/c1-9(2)4-7(11)5-10(3,6-9)8(12)13/h7H,4-6,11H2,1-3H3,(H,12,13). The first-order valence-electron chi connectivity index (χ1n) is 4.74. The van der Waals surface area contributed by atoms with E-state index < -0.39 is 11.4 Å². The van der Waals surface area contributed by atoms with Crippen molar-refractivity contribution < 1.29 is 9.90 Å². The third-order valence-corrected chi connectivity index (χ3v) is 2.91. The molecule has 3 heteroatoms. The van der Waals surface area contributed by atoms with Gasteiger partial charge in [-0.05, 0) is 31.6 Å². The van der Waals surface area contributed by atoms with Crippen molar-refractivity contribution in [3.05, 3.63) is 0 Å². The molecule has 1 rings (SSSR count). The molecule has 0 saturated heterocycles. The molecule has 0 aliphatic heterocycles. The lowest BCUT2D eigenvalue weighted by molar-refractivity contribution is -0.152. The molecule has 2 atom stereocenters. The van der Waals surface area contributed by atoms with Crippen LogP contribution in [0.2, 0.25) is 0 Å². The number of carboxylic acid groups (broad SMARTS) is 1. The third-order valence-electron chi connectivity index (χ3n) is 2.91. The first kappa shape index (κ1) is 10.5. The van der Waals surface area contributed by atoms with Crippen molar-refractivity contribution in [2.24, 2.45) is 16.6 Å². The number of carboxylic acids is 1. The molecule has 0 bridgehead atoms. The predicted octanol–water partition coefficient (Wildman–Crippen LogP) is 1.61. The summed E-state index contributed by atoms with van der Waals surface area (Å²) in [6.07, 6.45) is 2.25. The lowest BCUT2D eigenvalue weighted by Crippen LogP contribution is -2.45. The first-order chi connectivity index (χ1) is 5.75. The Morgan fingerprint density at radius 2 is 1.92 bits per heavy atom. The van der Waals surface area contributed by atoms with Crippen molar-refractivity contribution in [2.45, 2.75) is 46.1 Å². The van der Waals surface area contributed by atoms with E-state index in [1.54, 1.807) is 6.92 Å². The van der Waals surface area contributed by atoms with Crippen LogP contribution >= 0.6 is 0 Å². The molecule has 0 aromatic rings. The van der Waals surface area contributed by atoms with Crippen molar-refractivity contribution in [1.82, 2.24) is 0 Å². The first-order valence-corrected chi connectivity index (χ1v) is 4.74. The zero-order chi connectivity index (χ0) is 10.3. The highest BCUT2D eigenvalue weighted by molar-refractivity contribution is 5.74. The summed E-state index contributed by atoms with van der Waals surface area (Å²) in [7, 11) is 0. The third kappa shape index (κ3) is 2.21. The summed E-state index contributed by atoms with van der Waals surface area (Å²) in [5.74, 6) is -0.712. The number of rotatable bonds is 1. The average Bonchev–Trinajstić information content (AvgIpc) is 1.79. The molecule has 13 heavy (non-hydrogen) atoms. The SMILES string of the molecule is CC1(C)CC(N)CC(C)(C(=O)O)C1. The van der Waals surface area contributed by atoms with Crippen LogP contribution in [0.5, 0.6) is 0 Å². The van der Waals surface area contributed by atoms with Gasteiger partial charge in [-0.2, -0.15) is 0 Å². The van der Waals surface area contributed by atoms with E-state index in [0.717, 1.165) is 12.8 Å². The molecule has 0 heterocycles. The molecule has 1 fully saturated rings.